The minimum Gasteiger partial charge on any atom is -0.298 e. The molecule has 0 aromatic heterocycles. The molecule has 1 rings (SSSR count). The van der Waals surface area contributed by atoms with E-state index in [1.54, 1.807) is 0 Å². The SMILES string of the molecule is CC(C)=CCN(C)[C@H]1CCC[C@@H]1S(C)(=O)=O. The number of nitrogens with zero attached hydrogens (tertiary/aromatic N) is 1. The van der Waals surface area contributed by atoms with E-state index >= 15 is 0 Å². The van der Waals surface area contributed by atoms with Crippen LogP contribution in [0.2, 0.25) is 0 Å². The van der Waals surface area contributed by atoms with Gasteiger partial charge in [0.25, 0.3) is 0 Å². The first-order valence-corrected chi connectivity index (χ1v) is 7.80. The average molecular weight is 245 g/mol. The lowest BCUT2D eigenvalue weighted by Crippen LogP contribution is -2.41. The molecule has 0 spiro atoms. The predicted molar refractivity (Wildman–Crippen MR) is 68.3 cm³/mol. The highest BCUT2D eigenvalue weighted by Crippen LogP contribution is 2.28. The van der Waals surface area contributed by atoms with E-state index in [0.717, 1.165) is 25.8 Å². The molecule has 0 amide bonds. The van der Waals surface area contributed by atoms with Crippen molar-refractivity contribution in [1.82, 2.24) is 4.90 Å². The van der Waals surface area contributed by atoms with Crippen molar-refractivity contribution in [2.75, 3.05) is 19.8 Å². The lowest BCUT2D eigenvalue weighted by Gasteiger charge is -2.27. The number of hydrogen-bond donors (Lipinski definition) is 0. The van der Waals surface area contributed by atoms with E-state index in [9.17, 15) is 8.42 Å². The molecule has 0 N–H and O–H groups in total. The van der Waals surface area contributed by atoms with Crippen LogP contribution < -0.4 is 0 Å². The number of hydrogen-bond acceptors (Lipinski definition) is 3. The van der Waals surface area contributed by atoms with Crippen molar-refractivity contribution in [2.24, 2.45) is 0 Å². The summed E-state index contributed by atoms with van der Waals surface area (Å²) in [7, 11) is -0.876. The molecule has 0 aromatic carbocycles. The molecule has 1 aliphatic rings. The average Bonchev–Trinajstić information content (AvgIpc) is 2.61. The normalized spacial score (nSPS) is 26.1. The zero-order chi connectivity index (χ0) is 12.3. The Hall–Kier alpha value is -0.350. The third-order valence-electron chi connectivity index (χ3n) is 3.32. The molecule has 0 heterocycles. The van der Waals surface area contributed by atoms with Gasteiger partial charge in [0.05, 0.1) is 5.25 Å². The zero-order valence-corrected chi connectivity index (χ0v) is 11.5. The molecule has 1 aliphatic carbocycles. The summed E-state index contributed by atoms with van der Waals surface area (Å²) in [5.74, 6) is 0. The van der Waals surface area contributed by atoms with Gasteiger partial charge in [-0.05, 0) is 33.7 Å². The largest absolute Gasteiger partial charge is 0.298 e. The monoisotopic (exact) mass is 245 g/mol. The van der Waals surface area contributed by atoms with Gasteiger partial charge in [-0.15, -0.1) is 0 Å². The smallest absolute Gasteiger partial charge is 0.151 e. The first-order chi connectivity index (χ1) is 7.32. The topological polar surface area (TPSA) is 37.4 Å². The standard InChI is InChI=1S/C12H23NO2S/c1-10(2)8-9-13(3)11-6-5-7-12(11)16(4,14)15/h8,11-12H,5-7,9H2,1-4H3/t11-,12-/m0/s1. The van der Waals surface area contributed by atoms with E-state index in [4.69, 9.17) is 0 Å². The molecule has 94 valence electrons. The molecule has 16 heavy (non-hydrogen) atoms. The fourth-order valence-electron chi connectivity index (χ4n) is 2.37. The van der Waals surface area contributed by atoms with E-state index in [-0.39, 0.29) is 11.3 Å². The summed E-state index contributed by atoms with van der Waals surface area (Å²) in [6.45, 7) is 4.98. The highest BCUT2D eigenvalue weighted by Gasteiger charge is 2.36. The summed E-state index contributed by atoms with van der Waals surface area (Å²) >= 11 is 0. The molecule has 0 aliphatic heterocycles. The van der Waals surface area contributed by atoms with Crippen LogP contribution in [-0.4, -0.2) is 44.5 Å². The third kappa shape index (κ3) is 3.59. The van der Waals surface area contributed by atoms with Gasteiger partial charge in [-0.3, -0.25) is 4.90 Å². The molecule has 0 unspecified atom stereocenters. The number of sulfone groups is 1. The molecule has 3 nitrogen and oxygen atoms in total. The second-order valence-electron chi connectivity index (χ2n) is 5.09. The zero-order valence-electron chi connectivity index (χ0n) is 10.7. The van der Waals surface area contributed by atoms with Crippen molar-refractivity contribution in [3.63, 3.8) is 0 Å². The van der Waals surface area contributed by atoms with E-state index < -0.39 is 9.84 Å². The molecule has 1 saturated carbocycles. The number of rotatable bonds is 4. The maximum atomic E-state index is 11.6. The Morgan fingerprint density at radius 3 is 2.50 bits per heavy atom. The van der Waals surface area contributed by atoms with Gasteiger partial charge in [-0.25, -0.2) is 8.42 Å². The molecule has 4 heteroatoms. The summed E-state index contributed by atoms with van der Waals surface area (Å²) in [6, 6.07) is 0.200. The first-order valence-electron chi connectivity index (χ1n) is 5.85. The lowest BCUT2D eigenvalue weighted by molar-refractivity contribution is 0.271. The van der Waals surface area contributed by atoms with Crippen LogP contribution in [0.15, 0.2) is 11.6 Å². The summed E-state index contributed by atoms with van der Waals surface area (Å²) in [6.07, 6.45) is 6.37. The van der Waals surface area contributed by atoms with Crippen LogP contribution in [0.25, 0.3) is 0 Å². The quantitative estimate of drug-likeness (QED) is 0.709. The van der Waals surface area contributed by atoms with Gasteiger partial charge in [0, 0.05) is 18.8 Å². The summed E-state index contributed by atoms with van der Waals surface area (Å²) in [5.41, 5.74) is 1.28. The minimum atomic E-state index is -2.90. The van der Waals surface area contributed by atoms with Gasteiger partial charge in [0.15, 0.2) is 9.84 Å². The van der Waals surface area contributed by atoms with E-state index in [2.05, 4.69) is 24.8 Å². The molecule has 0 radical (unpaired) electrons. The third-order valence-corrected chi connectivity index (χ3v) is 4.97. The number of likely N-dealkylation sites (N-methyl/N-ethyl adjacent to an activating group) is 1. The van der Waals surface area contributed by atoms with Crippen molar-refractivity contribution < 1.29 is 8.42 Å². The maximum absolute atomic E-state index is 11.6. The molecule has 2 atom stereocenters. The maximum Gasteiger partial charge on any atom is 0.151 e. The van der Waals surface area contributed by atoms with Gasteiger partial charge >= 0.3 is 0 Å². The van der Waals surface area contributed by atoms with Crippen molar-refractivity contribution in [3.8, 4) is 0 Å². The second-order valence-corrected chi connectivity index (χ2v) is 7.35. The van der Waals surface area contributed by atoms with Crippen LogP contribution >= 0.6 is 0 Å². The van der Waals surface area contributed by atoms with Gasteiger partial charge in [-0.1, -0.05) is 18.1 Å². The van der Waals surface area contributed by atoms with Crippen LogP contribution in [0, 0.1) is 0 Å². The van der Waals surface area contributed by atoms with Crippen LogP contribution in [-0.2, 0) is 9.84 Å². The Kier molecular flexibility index (Phi) is 4.56. The Morgan fingerprint density at radius 2 is 2.00 bits per heavy atom. The Balaban J connectivity index is 2.68. The summed E-state index contributed by atoms with van der Waals surface area (Å²) < 4.78 is 23.3. The van der Waals surface area contributed by atoms with E-state index in [0.29, 0.717) is 0 Å². The van der Waals surface area contributed by atoms with Crippen molar-refractivity contribution in [2.45, 2.75) is 44.4 Å². The van der Waals surface area contributed by atoms with Crippen LogP contribution in [0.1, 0.15) is 33.1 Å². The van der Waals surface area contributed by atoms with Gasteiger partial charge in [-0.2, -0.15) is 0 Å². The molecular weight excluding hydrogens is 222 g/mol. The Labute approximate surface area is 99.4 Å². The summed E-state index contributed by atoms with van der Waals surface area (Å²) in [5, 5.41) is -0.164. The van der Waals surface area contributed by atoms with Crippen LogP contribution in [0.3, 0.4) is 0 Å². The van der Waals surface area contributed by atoms with Crippen molar-refractivity contribution >= 4 is 9.84 Å². The predicted octanol–water partition coefficient (Wildman–Crippen LogP) is 1.85. The van der Waals surface area contributed by atoms with Gasteiger partial charge in [0.1, 0.15) is 0 Å². The first kappa shape index (κ1) is 13.7. The highest BCUT2D eigenvalue weighted by molar-refractivity contribution is 7.91. The lowest BCUT2D eigenvalue weighted by atomic mass is 10.2. The van der Waals surface area contributed by atoms with E-state index in [1.807, 2.05) is 7.05 Å². The van der Waals surface area contributed by atoms with E-state index in [1.165, 1.54) is 11.8 Å². The fourth-order valence-corrected chi connectivity index (χ4v) is 3.88. The summed E-state index contributed by atoms with van der Waals surface area (Å²) in [4.78, 5) is 2.17. The van der Waals surface area contributed by atoms with Crippen molar-refractivity contribution in [3.05, 3.63) is 11.6 Å². The molecule has 0 bridgehead atoms. The molecule has 0 saturated heterocycles. The second kappa shape index (κ2) is 5.32. The Bertz CT molecular complexity index is 355. The van der Waals surface area contributed by atoms with Crippen LogP contribution in [0.5, 0.6) is 0 Å². The van der Waals surface area contributed by atoms with Crippen LogP contribution in [0.4, 0.5) is 0 Å². The molecular formula is C12H23NO2S. The highest BCUT2D eigenvalue weighted by atomic mass is 32.2. The minimum absolute atomic E-state index is 0.164. The molecule has 1 fully saturated rings. The van der Waals surface area contributed by atoms with Crippen molar-refractivity contribution in [1.29, 1.82) is 0 Å². The fraction of sp³-hybridized carbons (Fsp3) is 0.833. The molecule has 0 aromatic rings. The van der Waals surface area contributed by atoms with Gasteiger partial charge in [0.2, 0.25) is 0 Å². The number of allylic oxidation sites excluding steroid dienone is 1. The van der Waals surface area contributed by atoms with Gasteiger partial charge < -0.3 is 0 Å². The Morgan fingerprint density at radius 1 is 1.38 bits per heavy atom.